The normalized spacial score (nSPS) is 12.1. The number of aryl methyl sites for hydroxylation is 1. The third kappa shape index (κ3) is 2.67. The zero-order valence-electron chi connectivity index (χ0n) is 10.8. The molecule has 2 rings (SSSR count). The third-order valence-electron chi connectivity index (χ3n) is 2.76. The van der Waals surface area contributed by atoms with Gasteiger partial charge < -0.3 is 0 Å². The number of halogens is 2. The quantitative estimate of drug-likeness (QED) is 0.855. The van der Waals surface area contributed by atoms with E-state index < -0.39 is 20.7 Å². The largest absolute Gasteiger partial charge is 0.252 e. The van der Waals surface area contributed by atoms with Gasteiger partial charge in [-0.05, 0) is 12.1 Å². The minimum atomic E-state index is -4.05. The first-order valence-electron chi connectivity index (χ1n) is 5.57. The van der Waals surface area contributed by atoms with Crippen LogP contribution < -0.4 is 0 Å². The van der Waals surface area contributed by atoms with Crippen molar-refractivity contribution in [1.29, 1.82) is 0 Å². The van der Waals surface area contributed by atoms with Crippen LogP contribution in [0.5, 0.6) is 0 Å². The van der Waals surface area contributed by atoms with E-state index in [0.29, 0.717) is 5.82 Å². The van der Waals surface area contributed by atoms with Crippen molar-refractivity contribution in [3.63, 3.8) is 0 Å². The molecule has 0 atom stereocenters. The first kappa shape index (κ1) is 14.9. The summed E-state index contributed by atoms with van der Waals surface area (Å²) in [5.74, 6) is -0.453. The number of hydrogen-bond acceptors (Lipinski definition) is 4. The molecule has 0 spiro atoms. The van der Waals surface area contributed by atoms with E-state index in [1.165, 1.54) is 30.2 Å². The van der Waals surface area contributed by atoms with Gasteiger partial charge in [-0.2, -0.15) is 9.40 Å². The van der Waals surface area contributed by atoms with Gasteiger partial charge in [0.25, 0.3) is 0 Å². The Kier molecular flexibility index (Phi) is 4.07. The van der Waals surface area contributed by atoms with Crippen molar-refractivity contribution in [2.24, 2.45) is 7.05 Å². The van der Waals surface area contributed by atoms with Gasteiger partial charge in [0.05, 0.1) is 11.6 Å². The van der Waals surface area contributed by atoms with Gasteiger partial charge in [-0.3, -0.25) is 4.68 Å². The molecule has 0 fully saturated rings. The first-order chi connectivity index (χ1) is 9.34. The van der Waals surface area contributed by atoms with Crippen LogP contribution in [0.25, 0.3) is 0 Å². The summed E-state index contributed by atoms with van der Waals surface area (Å²) in [4.78, 5) is 3.39. The van der Waals surface area contributed by atoms with E-state index in [1.807, 2.05) is 0 Å². The highest BCUT2D eigenvalue weighted by atomic mass is 35.5. The number of aromatic nitrogens is 3. The predicted octanol–water partition coefficient (Wildman–Crippen LogP) is 1.43. The Labute approximate surface area is 120 Å². The highest BCUT2D eigenvalue weighted by molar-refractivity contribution is 7.89. The second-order valence-corrected chi connectivity index (χ2v) is 6.50. The first-order valence-corrected chi connectivity index (χ1v) is 7.39. The SMILES string of the molecule is CN(Cc1ncnn1C)S(=O)(=O)c1c(F)cccc1Cl. The van der Waals surface area contributed by atoms with Crippen LogP contribution in [0.15, 0.2) is 29.4 Å². The molecule has 0 bridgehead atoms. The summed E-state index contributed by atoms with van der Waals surface area (Å²) >= 11 is 5.79. The van der Waals surface area contributed by atoms with Crippen LogP contribution in [0, 0.1) is 5.82 Å². The van der Waals surface area contributed by atoms with Crippen LogP contribution in [0.1, 0.15) is 5.82 Å². The second kappa shape index (κ2) is 5.47. The average molecular weight is 319 g/mol. The van der Waals surface area contributed by atoms with Crippen molar-refractivity contribution in [2.45, 2.75) is 11.4 Å². The van der Waals surface area contributed by atoms with E-state index in [9.17, 15) is 12.8 Å². The Balaban J connectivity index is 2.38. The Morgan fingerprint density at radius 3 is 2.70 bits per heavy atom. The Bertz CT molecular complexity index is 712. The van der Waals surface area contributed by atoms with Gasteiger partial charge in [-0.25, -0.2) is 17.8 Å². The summed E-state index contributed by atoms with van der Waals surface area (Å²) in [6.45, 7) is -0.0382. The predicted molar refractivity (Wildman–Crippen MR) is 71.1 cm³/mol. The minimum Gasteiger partial charge on any atom is -0.252 e. The average Bonchev–Trinajstić information content (AvgIpc) is 2.74. The van der Waals surface area contributed by atoms with Crippen LogP contribution in [-0.4, -0.2) is 34.5 Å². The standard InChI is InChI=1S/C11H12ClFN4O2S/c1-16(6-10-14-7-15-17(10)2)20(18,19)11-8(12)4-3-5-9(11)13/h3-5,7H,6H2,1-2H3. The fraction of sp³-hybridized carbons (Fsp3) is 0.273. The molecule has 0 aliphatic carbocycles. The van der Waals surface area contributed by atoms with Crippen LogP contribution in [0.3, 0.4) is 0 Å². The van der Waals surface area contributed by atoms with Gasteiger partial charge >= 0.3 is 0 Å². The zero-order valence-corrected chi connectivity index (χ0v) is 12.4. The molecule has 1 heterocycles. The molecular weight excluding hydrogens is 307 g/mol. The molecule has 6 nitrogen and oxygen atoms in total. The summed E-state index contributed by atoms with van der Waals surface area (Å²) < 4.78 is 40.9. The van der Waals surface area contributed by atoms with Gasteiger partial charge in [0, 0.05) is 14.1 Å². The molecule has 1 aromatic heterocycles. The molecule has 2 aromatic rings. The van der Waals surface area contributed by atoms with Gasteiger partial charge in [0.15, 0.2) is 0 Å². The summed E-state index contributed by atoms with van der Waals surface area (Å²) in [5, 5.41) is 3.69. The van der Waals surface area contributed by atoms with E-state index in [0.717, 1.165) is 10.4 Å². The molecule has 0 aliphatic rings. The highest BCUT2D eigenvalue weighted by Crippen LogP contribution is 2.27. The molecular formula is C11H12ClFN4O2S. The molecule has 108 valence electrons. The lowest BCUT2D eigenvalue weighted by molar-refractivity contribution is 0.442. The third-order valence-corrected chi connectivity index (χ3v) is 5.06. The lowest BCUT2D eigenvalue weighted by Gasteiger charge is -2.17. The van der Waals surface area contributed by atoms with Gasteiger partial charge in [-0.1, -0.05) is 17.7 Å². The molecule has 0 saturated heterocycles. The van der Waals surface area contributed by atoms with E-state index in [4.69, 9.17) is 11.6 Å². The Morgan fingerprint density at radius 1 is 1.45 bits per heavy atom. The molecule has 0 saturated carbocycles. The molecule has 0 aliphatic heterocycles. The zero-order chi connectivity index (χ0) is 14.9. The maximum absolute atomic E-state index is 13.7. The van der Waals surface area contributed by atoms with Gasteiger partial charge in [0.2, 0.25) is 10.0 Å². The highest BCUT2D eigenvalue weighted by Gasteiger charge is 2.28. The number of rotatable bonds is 4. The summed E-state index contributed by atoms with van der Waals surface area (Å²) in [6, 6.07) is 3.72. The topological polar surface area (TPSA) is 68.1 Å². The smallest absolute Gasteiger partial charge is 0.247 e. The van der Waals surface area contributed by atoms with Crippen molar-refractivity contribution in [3.05, 3.63) is 41.2 Å². The number of nitrogens with zero attached hydrogens (tertiary/aromatic N) is 4. The van der Waals surface area contributed by atoms with E-state index in [-0.39, 0.29) is 11.6 Å². The summed E-state index contributed by atoms with van der Waals surface area (Å²) in [7, 11) is -1.08. The van der Waals surface area contributed by atoms with Crippen molar-refractivity contribution in [3.8, 4) is 0 Å². The maximum atomic E-state index is 13.7. The number of sulfonamides is 1. The second-order valence-electron chi connectivity index (χ2n) is 4.11. The minimum absolute atomic E-state index is 0.0382. The molecule has 0 N–H and O–H groups in total. The van der Waals surface area contributed by atoms with Crippen LogP contribution in [0.2, 0.25) is 5.02 Å². The van der Waals surface area contributed by atoms with Gasteiger partial charge in [0.1, 0.15) is 22.9 Å². The Morgan fingerprint density at radius 2 is 2.15 bits per heavy atom. The number of hydrogen-bond donors (Lipinski definition) is 0. The Hall–Kier alpha value is -1.51. The number of benzene rings is 1. The summed E-state index contributed by atoms with van der Waals surface area (Å²) in [5.41, 5.74) is 0. The monoisotopic (exact) mass is 318 g/mol. The van der Waals surface area contributed by atoms with Crippen molar-refractivity contribution in [1.82, 2.24) is 19.1 Å². The lowest BCUT2D eigenvalue weighted by atomic mass is 10.3. The molecule has 1 aromatic carbocycles. The van der Waals surface area contributed by atoms with Crippen LogP contribution in [-0.2, 0) is 23.6 Å². The van der Waals surface area contributed by atoms with Crippen molar-refractivity contribution >= 4 is 21.6 Å². The van der Waals surface area contributed by atoms with Crippen LogP contribution >= 0.6 is 11.6 Å². The van der Waals surface area contributed by atoms with Gasteiger partial charge in [-0.15, -0.1) is 0 Å². The van der Waals surface area contributed by atoms with E-state index >= 15 is 0 Å². The van der Waals surface area contributed by atoms with E-state index in [2.05, 4.69) is 10.1 Å². The molecule has 0 radical (unpaired) electrons. The van der Waals surface area contributed by atoms with E-state index in [1.54, 1.807) is 7.05 Å². The van der Waals surface area contributed by atoms with Crippen molar-refractivity contribution < 1.29 is 12.8 Å². The molecule has 20 heavy (non-hydrogen) atoms. The van der Waals surface area contributed by atoms with Crippen LogP contribution in [0.4, 0.5) is 4.39 Å². The fourth-order valence-corrected chi connectivity index (χ4v) is 3.31. The molecule has 0 amide bonds. The maximum Gasteiger partial charge on any atom is 0.247 e. The fourth-order valence-electron chi connectivity index (χ4n) is 1.63. The molecule has 0 unspecified atom stereocenters. The van der Waals surface area contributed by atoms with Crippen molar-refractivity contribution in [2.75, 3.05) is 7.05 Å². The summed E-state index contributed by atoms with van der Waals surface area (Å²) in [6.07, 6.45) is 1.31. The molecule has 9 heteroatoms. The lowest BCUT2D eigenvalue weighted by Crippen LogP contribution is -2.28.